The molecule has 0 fully saturated rings. The number of carbonyl (C=O) groups is 1. The summed E-state index contributed by atoms with van der Waals surface area (Å²) in [6.07, 6.45) is 1.61. The van der Waals surface area contributed by atoms with Gasteiger partial charge in [-0.1, -0.05) is 0 Å². The SMILES string of the molecule is COc1ccc(OC)c(/C=C2/N=C(C)OC2=O)c1. The van der Waals surface area contributed by atoms with Gasteiger partial charge in [-0.3, -0.25) is 0 Å². The fourth-order valence-electron chi connectivity index (χ4n) is 1.62. The van der Waals surface area contributed by atoms with Crippen LogP contribution in [0.5, 0.6) is 11.5 Å². The Morgan fingerprint density at radius 3 is 2.61 bits per heavy atom. The van der Waals surface area contributed by atoms with Gasteiger partial charge >= 0.3 is 5.97 Å². The van der Waals surface area contributed by atoms with E-state index < -0.39 is 5.97 Å². The zero-order valence-corrected chi connectivity index (χ0v) is 10.4. The smallest absolute Gasteiger partial charge is 0.363 e. The topological polar surface area (TPSA) is 57.1 Å². The molecule has 1 aromatic carbocycles. The molecule has 5 heteroatoms. The minimum atomic E-state index is -0.461. The number of methoxy groups -OCH3 is 2. The molecule has 2 rings (SSSR count). The van der Waals surface area contributed by atoms with Gasteiger partial charge < -0.3 is 14.2 Å². The molecule has 5 nitrogen and oxygen atoms in total. The maximum Gasteiger partial charge on any atom is 0.363 e. The molecule has 94 valence electrons. The molecule has 0 spiro atoms. The first-order chi connectivity index (χ1) is 8.63. The van der Waals surface area contributed by atoms with Crippen molar-refractivity contribution in [1.82, 2.24) is 0 Å². The first-order valence-electron chi connectivity index (χ1n) is 5.35. The molecule has 1 aromatic rings. The Hall–Kier alpha value is -2.30. The van der Waals surface area contributed by atoms with E-state index in [-0.39, 0.29) is 5.70 Å². The van der Waals surface area contributed by atoms with E-state index in [1.807, 2.05) is 0 Å². The van der Waals surface area contributed by atoms with Crippen LogP contribution in [-0.2, 0) is 9.53 Å². The van der Waals surface area contributed by atoms with Crippen molar-refractivity contribution in [1.29, 1.82) is 0 Å². The van der Waals surface area contributed by atoms with Crippen LogP contribution in [-0.4, -0.2) is 26.1 Å². The molecular weight excluding hydrogens is 234 g/mol. The van der Waals surface area contributed by atoms with E-state index >= 15 is 0 Å². The number of carbonyl (C=O) groups excluding carboxylic acids is 1. The number of benzene rings is 1. The number of hydrogen-bond acceptors (Lipinski definition) is 5. The van der Waals surface area contributed by atoms with Crippen LogP contribution in [0.4, 0.5) is 0 Å². The quantitative estimate of drug-likeness (QED) is 0.605. The van der Waals surface area contributed by atoms with Gasteiger partial charge in [0.05, 0.1) is 14.2 Å². The Balaban J connectivity index is 2.44. The van der Waals surface area contributed by atoms with Crippen LogP contribution >= 0.6 is 0 Å². The molecule has 0 saturated carbocycles. The first kappa shape index (κ1) is 12.2. The predicted octanol–water partition coefficient (Wildman–Crippen LogP) is 2.02. The van der Waals surface area contributed by atoms with Crippen molar-refractivity contribution in [3.63, 3.8) is 0 Å². The Morgan fingerprint density at radius 2 is 2.06 bits per heavy atom. The molecule has 0 aliphatic carbocycles. The minimum absolute atomic E-state index is 0.249. The molecule has 0 amide bonds. The van der Waals surface area contributed by atoms with Crippen molar-refractivity contribution in [3.05, 3.63) is 29.5 Å². The van der Waals surface area contributed by atoms with E-state index in [9.17, 15) is 4.79 Å². The number of nitrogens with zero attached hydrogens (tertiary/aromatic N) is 1. The Kier molecular flexibility index (Phi) is 3.32. The van der Waals surface area contributed by atoms with Crippen LogP contribution in [0.2, 0.25) is 0 Å². The van der Waals surface area contributed by atoms with Crippen LogP contribution < -0.4 is 9.47 Å². The van der Waals surface area contributed by atoms with E-state index in [1.54, 1.807) is 45.4 Å². The highest BCUT2D eigenvalue weighted by Crippen LogP contribution is 2.27. The number of ether oxygens (including phenoxy) is 3. The summed E-state index contributed by atoms with van der Waals surface area (Å²) in [5.41, 5.74) is 0.960. The summed E-state index contributed by atoms with van der Waals surface area (Å²) in [6, 6.07) is 5.31. The van der Waals surface area contributed by atoms with E-state index in [4.69, 9.17) is 14.2 Å². The second-order valence-electron chi connectivity index (χ2n) is 3.66. The molecule has 1 aliphatic heterocycles. The molecule has 1 aliphatic rings. The first-order valence-corrected chi connectivity index (χ1v) is 5.35. The Labute approximate surface area is 105 Å². The summed E-state index contributed by atoms with van der Waals surface area (Å²) in [6.45, 7) is 1.63. The molecule has 0 radical (unpaired) electrons. The average molecular weight is 247 g/mol. The lowest BCUT2D eigenvalue weighted by Crippen LogP contribution is -2.00. The highest BCUT2D eigenvalue weighted by Gasteiger charge is 2.20. The third kappa shape index (κ3) is 2.34. The molecule has 18 heavy (non-hydrogen) atoms. The van der Waals surface area contributed by atoms with Crippen molar-refractivity contribution in [2.75, 3.05) is 14.2 Å². The van der Waals surface area contributed by atoms with Crippen LogP contribution in [0.3, 0.4) is 0 Å². The fourth-order valence-corrected chi connectivity index (χ4v) is 1.62. The van der Waals surface area contributed by atoms with E-state index in [0.29, 0.717) is 23.0 Å². The second-order valence-corrected chi connectivity index (χ2v) is 3.66. The summed E-state index contributed by atoms with van der Waals surface area (Å²) in [5, 5.41) is 0. The van der Waals surface area contributed by atoms with Crippen LogP contribution in [0.1, 0.15) is 12.5 Å². The number of esters is 1. The average Bonchev–Trinajstić information content (AvgIpc) is 2.67. The van der Waals surface area contributed by atoms with Gasteiger partial charge in [0.2, 0.25) is 0 Å². The van der Waals surface area contributed by atoms with Crippen molar-refractivity contribution in [2.45, 2.75) is 6.92 Å². The van der Waals surface area contributed by atoms with Gasteiger partial charge in [0, 0.05) is 12.5 Å². The van der Waals surface area contributed by atoms with Gasteiger partial charge in [-0.05, 0) is 24.3 Å². The summed E-state index contributed by atoms with van der Waals surface area (Å²) < 4.78 is 15.2. The second kappa shape index (κ2) is 4.91. The zero-order chi connectivity index (χ0) is 13.1. The van der Waals surface area contributed by atoms with Crippen LogP contribution in [0, 0.1) is 0 Å². The summed E-state index contributed by atoms with van der Waals surface area (Å²) in [4.78, 5) is 15.5. The molecule has 0 bridgehead atoms. The molecule has 0 saturated heterocycles. The molecule has 1 heterocycles. The lowest BCUT2D eigenvalue weighted by molar-refractivity contribution is -0.130. The molecule has 0 atom stereocenters. The lowest BCUT2D eigenvalue weighted by Gasteiger charge is -2.07. The number of rotatable bonds is 3. The molecular formula is C13H13NO4. The maximum atomic E-state index is 11.5. The van der Waals surface area contributed by atoms with Gasteiger partial charge in [-0.2, -0.15) is 0 Å². The number of cyclic esters (lactones) is 1. The van der Waals surface area contributed by atoms with Crippen molar-refractivity contribution in [2.24, 2.45) is 4.99 Å². The van der Waals surface area contributed by atoms with E-state index in [2.05, 4.69) is 4.99 Å². The van der Waals surface area contributed by atoms with Gasteiger partial charge in [0.1, 0.15) is 11.5 Å². The molecule has 0 unspecified atom stereocenters. The summed E-state index contributed by atoms with van der Waals surface area (Å²) >= 11 is 0. The van der Waals surface area contributed by atoms with Gasteiger partial charge in [-0.15, -0.1) is 0 Å². The van der Waals surface area contributed by atoms with Crippen molar-refractivity contribution < 1.29 is 19.0 Å². The third-order valence-corrected chi connectivity index (χ3v) is 2.46. The molecule has 0 aromatic heterocycles. The Morgan fingerprint density at radius 1 is 1.28 bits per heavy atom. The van der Waals surface area contributed by atoms with E-state index in [1.165, 1.54) is 0 Å². The van der Waals surface area contributed by atoms with Crippen LogP contribution in [0.15, 0.2) is 28.9 Å². The monoisotopic (exact) mass is 247 g/mol. The van der Waals surface area contributed by atoms with Gasteiger partial charge in [-0.25, -0.2) is 9.79 Å². The fraction of sp³-hybridized carbons (Fsp3) is 0.231. The molecule has 0 N–H and O–H groups in total. The standard InChI is InChI=1S/C13H13NO4/c1-8-14-11(13(15)18-8)7-9-6-10(16-2)4-5-12(9)17-3/h4-7H,1-3H3/b11-7+. The van der Waals surface area contributed by atoms with Crippen molar-refractivity contribution in [3.8, 4) is 11.5 Å². The highest BCUT2D eigenvalue weighted by atomic mass is 16.6. The number of hydrogen-bond donors (Lipinski definition) is 0. The Bertz CT molecular complexity index is 546. The normalized spacial score (nSPS) is 16.5. The predicted molar refractivity (Wildman–Crippen MR) is 66.7 cm³/mol. The van der Waals surface area contributed by atoms with Gasteiger partial charge in [0.15, 0.2) is 11.6 Å². The highest BCUT2D eigenvalue weighted by molar-refractivity contribution is 6.06. The van der Waals surface area contributed by atoms with Crippen LogP contribution in [0.25, 0.3) is 6.08 Å². The summed E-state index contributed by atoms with van der Waals surface area (Å²) in [5.74, 6) is 1.19. The van der Waals surface area contributed by atoms with E-state index in [0.717, 1.165) is 0 Å². The third-order valence-electron chi connectivity index (χ3n) is 2.46. The maximum absolute atomic E-state index is 11.5. The minimum Gasteiger partial charge on any atom is -0.497 e. The lowest BCUT2D eigenvalue weighted by atomic mass is 10.1. The number of aliphatic imine (C=N–C) groups is 1. The van der Waals surface area contributed by atoms with Gasteiger partial charge in [0.25, 0.3) is 0 Å². The summed E-state index contributed by atoms with van der Waals surface area (Å²) in [7, 11) is 3.14. The van der Waals surface area contributed by atoms with Crippen molar-refractivity contribution >= 4 is 17.9 Å². The zero-order valence-electron chi connectivity index (χ0n) is 10.4. The largest absolute Gasteiger partial charge is 0.497 e.